The van der Waals surface area contributed by atoms with Crippen molar-refractivity contribution in [2.75, 3.05) is 5.32 Å². The molecule has 2 rings (SSSR count). The molecule has 0 bridgehead atoms. The molecule has 0 atom stereocenters. The molecule has 0 aromatic heterocycles. The van der Waals surface area contributed by atoms with Crippen molar-refractivity contribution < 1.29 is 9.59 Å². The molecule has 0 saturated carbocycles. The summed E-state index contributed by atoms with van der Waals surface area (Å²) in [5.41, 5.74) is 1.32. The summed E-state index contributed by atoms with van der Waals surface area (Å²) >= 11 is -2.52. The van der Waals surface area contributed by atoms with Crippen LogP contribution in [0.1, 0.15) is 69.7 Å². The van der Waals surface area contributed by atoms with Gasteiger partial charge in [-0.3, -0.25) is 0 Å². The van der Waals surface area contributed by atoms with Gasteiger partial charge in [0, 0.05) is 0 Å². The van der Waals surface area contributed by atoms with Crippen LogP contribution in [-0.2, 0) is 4.79 Å². The predicted octanol–water partition coefficient (Wildman–Crippen LogP) is 4.88. The van der Waals surface area contributed by atoms with Crippen LogP contribution in [0.25, 0.3) is 0 Å². The second-order valence-corrected chi connectivity index (χ2v) is 20.4. The third-order valence-corrected chi connectivity index (χ3v) is 21.0. The first-order valence-corrected chi connectivity index (χ1v) is 17.1. The first-order chi connectivity index (χ1) is 11.6. The summed E-state index contributed by atoms with van der Waals surface area (Å²) < 4.78 is 5.58. The zero-order valence-corrected chi connectivity index (χ0v) is 18.3. The molecule has 132 valence electrons. The van der Waals surface area contributed by atoms with E-state index >= 15 is 0 Å². The standard InChI is InChI=1S/C8H4NO2.3C4H9.Sn/c10-7-5-3-1-2-4-6(5)9-8(7)11;3*1-3-4-2;/h2-4H,(H,9,10,11);3*1,3-4H2,2H3;. The van der Waals surface area contributed by atoms with Gasteiger partial charge in [0.2, 0.25) is 0 Å². The fraction of sp³-hybridized carbons (Fsp3) is 0.600. The van der Waals surface area contributed by atoms with E-state index in [-0.39, 0.29) is 5.78 Å². The molecule has 1 N–H and O–H groups in total. The Hall–Kier alpha value is -0.841. The summed E-state index contributed by atoms with van der Waals surface area (Å²) in [5, 5.41) is 2.69. The molecule has 4 heteroatoms. The van der Waals surface area contributed by atoms with E-state index in [4.69, 9.17) is 0 Å². The quantitative estimate of drug-likeness (QED) is 0.420. The normalized spacial score (nSPS) is 14.0. The van der Waals surface area contributed by atoms with Gasteiger partial charge in [-0.25, -0.2) is 0 Å². The SMILES string of the molecule is CCC[CH2][Sn]([CH2]CCC)([CH2]CCC)[c]1ccc2c(c1)C(=O)C(=O)N2. The first-order valence-electron chi connectivity index (χ1n) is 9.58. The molecule has 0 saturated heterocycles. The monoisotopic (exact) mass is 437 g/mol. The number of anilines is 1. The van der Waals surface area contributed by atoms with Crippen LogP contribution in [0.15, 0.2) is 18.2 Å². The van der Waals surface area contributed by atoms with Gasteiger partial charge in [-0.1, -0.05) is 0 Å². The Labute approximate surface area is 150 Å². The van der Waals surface area contributed by atoms with Crippen LogP contribution >= 0.6 is 0 Å². The van der Waals surface area contributed by atoms with Crippen LogP contribution in [0.3, 0.4) is 0 Å². The fourth-order valence-corrected chi connectivity index (χ4v) is 19.8. The molecule has 1 heterocycles. The molecule has 0 aliphatic carbocycles. The van der Waals surface area contributed by atoms with E-state index in [1.165, 1.54) is 55.4 Å². The molecule has 1 aromatic carbocycles. The van der Waals surface area contributed by atoms with Crippen molar-refractivity contribution in [3.63, 3.8) is 0 Å². The van der Waals surface area contributed by atoms with Crippen LogP contribution in [0.4, 0.5) is 5.69 Å². The van der Waals surface area contributed by atoms with Crippen molar-refractivity contribution in [2.45, 2.75) is 72.6 Å². The zero-order chi connectivity index (χ0) is 17.6. The fourth-order valence-electron chi connectivity index (χ4n) is 3.83. The molecule has 1 aromatic rings. The van der Waals surface area contributed by atoms with Gasteiger partial charge < -0.3 is 0 Å². The van der Waals surface area contributed by atoms with Gasteiger partial charge in [0.1, 0.15) is 0 Å². The van der Waals surface area contributed by atoms with Crippen LogP contribution in [0.2, 0.25) is 13.3 Å². The molecular formula is C20H31NO2Sn. The van der Waals surface area contributed by atoms with E-state index in [0.29, 0.717) is 11.3 Å². The number of hydrogen-bond acceptors (Lipinski definition) is 2. The third-order valence-electron chi connectivity index (χ3n) is 5.36. The first kappa shape index (κ1) is 19.5. The molecule has 0 unspecified atom stereocenters. The molecule has 3 nitrogen and oxygen atoms in total. The number of carbonyl (C=O) groups excluding carboxylic acids is 2. The number of nitrogens with one attached hydrogen (secondary N) is 1. The number of hydrogen-bond donors (Lipinski definition) is 1. The number of carbonyl (C=O) groups is 2. The summed E-state index contributed by atoms with van der Waals surface area (Å²) in [5.74, 6) is -0.827. The van der Waals surface area contributed by atoms with E-state index in [1.54, 1.807) is 0 Å². The topological polar surface area (TPSA) is 46.2 Å². The summed E-state index contributed by atoms with van der Waals surface area (Å²) in [6, 6.07) is 6.30. The molecule has 1 aliphatic rings. The Balaban J connectivity index is 2.41. The summed E-state index contributed by atoms with van der Waals surface area (Å²) in [7, 11) is 0. The molecule has 24 heavy (non-hydrogen) atoms. The maximum absolute atomic E-state index is 12.1. The van der Waals surface area contributed by atoms with Crippen LogP contribution < -0.4 is 8.90 Å². The Kier molecular flexibility index (Phi) is 7.32. The van der Waals surface area contributed by atoms with Crippen molar-refractivity contribution in [1.29, 1.82) is 0 Å². The molecule has 0 fully saturated rings. The number of rotatable bonds is 10. The van der Waals surface area contributed by atoms with Crippen LogP contribution in [0.5, 0.6) is 0 Å². The van der Waals surface area contributed by atoms with E-state index in [1.807, 2.05) is 6.07 Å². The van der Waals surface area contributed by atoms with Crippen molar-refractivity contribution >= 4 is 39.3 Å². The van der Waals surface area contributed by atoms with Gasteiger partial charge in [-0.15, -0.1) is 0 Å². The predicted molar refractivity (Wildman–Crippen MR) is 104 cm³/mol. The number of Topliss-reactive ketones (excluding diaryl/α,β-unsaturated/α-hetero) is 1. The van der Waals surface area contributed by atoms with Gasteiger partial charge in [-0.05, 0) is 0 Å². The number of ketones is 1. The molecule has 1 aliphatic heterocycles. The number of unbranched alkanes of at least 4 members (excludes halogenated alkanes) is 3. The average Bonchev–Trinajstić information content (AvgIpc) is 2.89. The van der Waals surface area contributed by atoms with E-state index in [2.05, 4.69) is 38.2 Å². The summed E-state index contributed by atoms with van der Waals surface area (Å²) in [4.78, 5) is 23.8. The van der Waals surface area contributed by atoms with Crippen molar-refractivity contribution in [2.24, 2.45) is 0 Å². The number of benzene rings is 1. The molecule has 1 amide bonds. The van der Waals surface area contributed by atoms with Gasteiger partial charge in [-0.2, -0.15) is 0 Å². The van der Waals surface area contributed by atoms with Crippen LogP contribution in [0, 0.1) is 0 Å². The molecule has 0 spiro atoms. The van der Waals surface area contributed by atoms with Crippen LogP contribution in [-0.4, -0.2) is 30.1 Å². The Morgan fingerprint density at radius 2 is 1.42 bits per heavy atom. The number of amides is 1. The maximum atomic E-state index is 12.1. The minimum absolute atomic E-state index is 0.353. The second kappa shape index (κ2) is 9.02. The van der Waals surface area contributed by atoms with Gasteiger partial charge in [0.05, 0.1) is 0 Å². The molecular weight excluding hydrogens is 405 g/mol. The Morgan fingerprint density at radius 3 is 1.92 bits per heavy atom. The minimum atomic E-state index is -2.52. The zero-order valence-electron chi connectivity index (χ0n) is 15.4. The van der Waals surface area contributed by atoms with E-state index in [0.717, 1.165) is 0 Å². The van der Waals surface area contributed by atoms with E-state index in [9.17, 15) is 9.59 Å². The Bertz CT molecular complexity index is 576. The molecule has 0 radical (unpaired) electrons. The Morgan fingerprint density at radius 1 is 0.875 bits per heavy atom. The third kappa shape index (κ3) is 4.22. The van der Waals surface area contributed by atoms with Gasteiger partial charge in [0.15, 0.2) is 0 Å². The van der Waals surface area contributed by atoms with Gasteiger partial charge >= 0.3 is 151 Å². The van der Waals surface area contributed by atoms with Crippen molar-refractivity contribution in [3.8, 4) is 0 Å². The summed E-state index contributed by atoms with van der Waals surface area (Å²) in [6.07, 6.45) is 7.60. The van der Waals surface area contributed by atoms with Gasteiger partial charge in [0.25, 0.3) is 0 Å². The van der Waals surface area contributed by atoms with E-state index < -0.39 is 24.3 Å². The second-order valence-electron chi connectivity index (χ2n) is 7.13. The van der Waals surface area contributed by atoms with Crippen molar-refractivity contribution in [3.05, 3.63) is 23.8 Å². The van der Waals surface area contributed by atoms with Crippen molar-refractivity contribution in [1.82, 2.24) is 0 Å². The average molecular weight is 436 g/mol. The summed E-state index contributed by atoms with van der Waals surface area (Å²) in [6.45, 7) is 6.81. The number of fused-ring (bicyclic) bond motifs is 1.